The van der Waals surface area contributed by atoms with Gasteiger partial charge in [0.1, 0.15) is 5.75 Å². The molecule has 0 saturated heterocycles. The number of carbonyl (C=O) groups excluding carboxylic acids is 1. The van der Waals surface area contributed by atoms with E-state index < -0.39 is 6.04 Å². The monoisotopic (exact) mass is 262 g/mol. The Bertz CT molecular complexity index is 426. The van der Waals surface area contributed by atoms with Gasteiger partial charge in [0.05, 0.1) is 6.04 Å². The van der Waals surface area contributed by atoms with Crippen molar-refractivity contribution in [3.63, 3.8) is 0 Å². The molecule has 104 valence electrons. The summed E-state index contributed by atoms with van der Waals surface area (Å²) in [6.07, 6.45) is 3.07. The van der Waals surface area contributed by atoms with Gasteiger partial charge in [-0.15, -0.1) is 0 Å². The molecule has 19 heavy (non-hydrogen) atoms. The lowest BCUT2D eigenvalue weighted by atomic mass is 10.0. The van der Waals surface area contributed by atoms with E-state index in [1.54, 1.807) is 24.3 Å². The SMILES string of the molecule is CC(CNC(=O)C(N)Cc1ccc(O)cc1)C1CC1. The highest BCUT2D eigenvalue weighted by molar-refractivity contribution is 5.81. The molecular formula is C15H22N2O2. The summed E-state index contributed by atoms with van der Waals surface area (Å²) in [5, 5.41) is 12.1. The molecule has 1 aromatic carbocycles. The normalized spacial score (nSPS) is 17.8. The van der Waals surface area contributed by atoms with Crippen LogP contribution in [0.2, 0.25) is 0 Å². The molecule has 1 amide bonds. The van der Waals surface area contributed by atoms with Gasteiger partial charge in [0.25, 0.3) is 0 Å². The molecular weight excluding hydrogens is 240 g/mol. The summed E-state index contributed by atoms with van der Waals surface area (Å²) in [4.78, 5) is 11.9. The van der Waals surface area contributed by atoms with Crippen molar-refractivity contribution in [3.8, 4) is 5.75 Å². The van der Waals surface area contributed by atoms with E-state index in [0.717, 1.165) is 11.5 Å². The minimum Gasteiger partial charge on any atom is -0.508 e. The molecule has 2 rings (SSSR count). The van der Waals surface area contributed by atoms with Crippen LogP contribution in [0.5, 0.6) is 5.75 Å². The molecule has 0 bridgehead atoms. The Morgan fingerprint density at radius 3 is 2.63 bits per heavy atom. The summed E-state index contributed by atoms with van der Waals surface area (Å²) in [6, 6.07) is 6.26. The Kier molecular flexibility index (Phi) is 4.43. The molecule has 4 heteroatoms. The van der Waals surface area contributed by atoms with E-state index in [1.807, 2.05) is 0 Å². The molecule has 1 aliphatic rings. The number of hydrogen-bond acceptors (Lipinski definition) is 3. The average Bonchev–Trinajstić information content (AvgIpc) is 3.22. The molecule has 4 nitrogen and oxygen atoms in total. The molecule has 0 spiro atoms. The predicted octanol–water partition coefficient (Wildman–Crippen LogP) is 1.42. The van der Waals surface area contributed by atoms with Gasteiger partial charge in [-0.2, -0.15) is 0 Å². The first kappa shape index (κ1) is 13.9. The van der Waals surface area contributed by atoms with Gasteiger partial charge < -0.3 is 16.2 Å². The third-order valence-electron chi connectivity index (χ3n) is 3.75. The van der Waals surface area contributed by atoms with Crippen LogP contribution in [0.25, 0.3) is 0 Å². The largest absolute Gasteiger partial charge is 0.508 e. The van der Waals surface area contributed by atoms with Gasteiger partial charge >= 0.3 is 0 Å². The van der Waals surface area contributed by atoms with E-state index >= 15 is 0 Å². The second-order valence-electron chi connectivity index (χ2n) is 5.54. The van der Waals surface area contributed by atoms with Crippen LogP contribution in [-0.2, 0) is 11.2 Å². The van der Waals surface area contributed by atoms with Crippen molar-refractivity contribution < 1.29 is 9.90 Å². The molecule has 1 aliphatic carbocycles. The van der Waals surface area contributed by atoms with Crippen LogP contribution in [-0.4, -0.2) is 23.6 Å². The summed E-state index contributed by atoms with van der Waals surface area (Å²) >= 11 is 0. The van der Waals surface area contributed by atoms with Gasteiger partial charge in [-0.3, -0.25) is 4.79 Å². The quantitative estimate of drug-likeness (QED) is 0.726. The van der Waals surface area contributed by atoms with Gasteiger partial charge in [-0.05, 0) is 48.8 Å². The lowest BCUT2D eigenvalue weighted by Gasteiger charge is -2.15. The van der Waals surface area contributed by atoms with E-state index in [2.05, 4.69) is 12.2 Å². The maximum absolute atomic E-state index is 11.9. The molecule has 0 heterocycles. The van der Waals surface area contributed by atoms with E-state index in [0.29, 0.717) is 18.9 Å². The predicted molar refractivity (Wildman–Crippen MR) is 74.7 cm³/mol. The molecule has 1 aromatic rings. The highest BCUT2D eigenvalue weighted by Gasteiger charge is 2.28. The van der Waals surface area contributed by atoms with Gasteiger partial charge in [-0.1, -0.05) is 19.1 Å². The van der Waals surface area contributed by atoms with E-state index in [4.69, 9.17) is 5.73 Å². The molecule has 1 saturated carbocycles. The molecule has 0 aromatic heterocycles. The zero-order valence-electron chi connectivity index (χ0n) is 11.3. The smallest absolute Gasteiger partial charge is 0.237 e. The molecule has 2 unspecified atom stereocenters. The van der Waals surface area contributed by atoms with Crippen molar-refractivity contribution >= 4 is 5.91 Å². The number of phenols is 1. The Hall–Kier alpha value is -1.55. The fourth-order valence-electron chi connectivity index (χ4n) is 2.20. The van der Waals surface area contributed by atoms with Crippen LogP contribution in [0.3, 0.4) is 0 Å². The number of aromatic hydroxyl groups is 1. The number of nitrogens with two attached hydrogens (primary N) is 1. The van der Waals surface area contributed by atoms with Gasteiger partial charge in [0.2, 0.25) is 5.91 Å². The van der Waals surface area contributed by atoms with Crippen LogP contribution in [0.1, 0.15) is 25.3 Å². The summed E-state index contributed by atoms with van der Waals surface area (Å²) in [7, 11) is 0. The number of hydrogen-bond donors (Lipinski definition) is 3. The van der Waals surface area contributed by atoms with Crippen LogP contribution in [0.4, 0.5) is 0 Å². The van der Waals surface area contributed by atoms with E-state index in [1.165, 1.54) is 12.8 Å². The summed E-state index contributed by atoms with van der Waals surface area (Å²) in [5.41, 5.74) is 6.85. The second-order valence-corrected chi connectivity index (χ2v) is 5.54. The van der Waals surface area contributed by atoms with Gasteiger partial charge in [0.15, 0.2) is 0 Å². The highest BCUT2D eigenvalue weighted by atomic mass is 16.3. The maximum atomic E-state index is 11.9. The van der Waals surface area contributed by atoms with E-state index in [-0.39, 0.29) is 11.7 Å². The second kappa shape index (κ2) is 6.06. The zero-order valence-corrected chi connectivity index (χ0v) is 11.3. The van der Waals surface area contributed by atoms with Gasteiger partial charge in [-0.25, -0.2) is 0 Å². The Balaban J connectivity index is 1.76. The topological polar surface area (TPSA) is 75.4 Å². The first-order valence-electron chi connectivity index (χ1n) is 6.87. The van der Waals surface area contributed by atoms with Crippen molar-refractivity contribution in [3.05, 3.63) is 29.8 Å². The Labute approximate surface area is 114 Å². The molecule has 4 N–H and O–H groups in total. The molecule has 0 radical (unpaired) electrons. The van der Waals surface area contributed by atoms with Crippen molar-refractivity contribution in [1.29, 1.82) is 0 Å². The number of carbonyl (C=O) groups is 1. The van der Waals surface area contributed by atoms with Crippen molar-refractivity contribution in [1.82, 2.24) is 5.32 Å². The Morgan fingerprint density at radius 2 is 2.05 bits per heavy atom. The maximum Gasteiger partial charge on any atom is 0.237 e. The minimum atomic E-state index is -0.532. The number of nitrogens with one attached hydrogen (secondary N) is 1. The lowest BCUT2D eigenvalue weighted by Crippen LogP contribution is -2.43. The first-order valence-corrected chi connectivity index (χ1v) is 6.87. The average molecular weight is 262 g/mol. The zero-order chi connectivity index (χ0) is 13.8. The molecule has 0 aliphatic heterocycles. The van der Waals surface area contributed by atoms with Crippen molar-refractivity contribution in [2.45, 2.75) is 32.2 Å². The summed E-state index contributed by atoms with van der Waals surface area (Å²) in [5.74, 6) is 1.46. The fraction of sp³-hybridized carbons (Fsp3) is 0.533. The van der Waals surface area contributed by atoms with Crippen LogP contribution < -0.4 is 11.1 Å². The van der Waals surface area contributed by atoms with Gasteiger partial charge in [0, 0.05) is 6.54 Å². The number of phenolic OH excluding ortho intramolecular Hbond substituents is 1. The molecule has 2 atom stereocenters. The number of rotatable bonds is 6. The van der Waals surface area contributed by atoms with Crippen molar-refractivity contribution in [2.75, 3.05) is 6.54 Å². The Morgan fingerprint density at radius 1 is 1.42 bits per heavy atom. The number of amides is 1. The summed E-state index contributed by atoms with van der Waals surface area (Å²) < 4.78 is 0. The van der Waals surface area contributed by atoms with E-state index in [9.17, 15) is 9.90 Å². The lowest BCUT2D eigenvalue weighted by molar-refractivity contribution is -0.122. The highest BCUT2D eigenvalue weighted by Crippen LogP contribution is 2.36. The first-order chi connectivity index (χ1) is 9.06. The number of benzene rings is 1. The fourth-order valence-corrected chi connectivity index (χ4v) is 2.20. The van der Waals surface area contributed by atoms with Crippen LogP contribution >= 0.6 is 0 Å². The van der Waals surface area contributed by atoms with Crippen LogP contribution in [0, 0.1) is 11.8 Å². The summed E-state index contributed by atoms with van der Waals surface area (Å²) in [6.45, 7) is 2.89. The standard InChI is InChI=1S/C15H22N2O2/c1-10(12-4-5-12)9-17-15(19)14(16)8-11-2-6-13(18)7-3-11/h2-3,6-7,10,12,14,18H,4-5,8-9,16H2,1H3,(H,17,19). The van der Waals surface area contributed by atoms with Crippen molar-refractivity contribution in [2.24, 2.45) is 17.6 Å². The third kappa shape index (κ3) is 4.24. The third-order valence-corrected chi connectivity index (χ3v) is 3.75. The van der Waals surface area contributed by atoms with Crippen LogP contribution in [0.15, 0.2) is 24.3 Å². The molecule has 1 fully saturated rings. The minimum absolute atomic E-state index is 0.0967.